The first-order chi connectivity index (χ1) is 12.0. The summed E-state index contributed by atoms with van der Waals surface area (Å²) in [5, 5.41) is 3.70. The lowest BCUT2D eigenvalue weighted by Gasteiger charge is -2.13. The monoisotopic (exact) mass is 346 g/mol. The molecule has 3 nitrogen and oxygen atoms in total. The van der Waals surface area contributed by atoms with E-state index in [2.05, 4.69) is 9.88 Å². The molecule has 1 N–H and O–H groups in total. The number of carbonyl (C=O) groups is 1. The maximum Gasteiger partial charge on any atom is 0.417 e. The Bertz CT molecular complexity index is 884. The van der Waals surface area contributed by atoms with E-state index in [0.29, 0.717) is 19.5 Å². The molecule has 0 aliphatic rings. The highest BCUT2D eigenvalue weighted by molar-refractivity contribution is 5.95. The molecule has 0 atom stereocenters. The summed E-state index contributed by atoms with van der Waals surface area (Å²) in [6.07, 6.45) is -1.96. The van der Waals surface area contributed by atoms with E-state index < -0.39 is 17.6 Å². The number of carbonyl (C=O) groups excluding carboxylic acids is 1. The molecular weight excluding hydrogens is 329 g/mol. The van der Waals surface area contributed by atoms with Crippen molar-refractivity contribution in [3.63, 3.8) is 0 Å². The number of fused-ring (bicyclic) bond motifs is 1. The molecule has 0 saturated carbocycles. The number of hydrogen-bond acceptors (Lipinski definition) is 1. The molecule has 1 amide bonds. The van der Waals surface area contributed by atoms with E-state index in [1.165, 1.54) is 18.2 Å². The molecule has 1 aromatic heterocycles. The molecule has 2 aromatic carbocycles. The molecule has 1 heterocycles. The van der Waals surface area contributed by atoms with Crippen LogP contribution in [0.4, 0.5) is 13.2 Å². The van der Waals surface area contributed by atoms with Gasteiger partial charge < -0.3 is 9.88 Å². The quantitative estimate of drug-likeness (QED) is 0.679. The Labute approximate surface area is 143 Å². The van der Waals surface area contributed by atoms with Crippen molar-refractivity contribution in [2.24, 2.45) is 0 Å². The predicted molar refractivity (Wildman–Crippen MR) is 90.3 cm³/mol. The number of rotatable bonds is 5. The van der Waals surface area contributed by atoms with E-state index in [4.69, 9.17) is 0 Å². The van der Waals surface area contributed by atoms with Crippen molar-refractivity contribution < 1.29 is 18.0 Å². The van der Waals surface area contributed by atoms with Gasteiger partial charge in [0.05, 0.1) is 11.1 Å². The molecule has 0 aliphatic heterocycles. The zero-order chi connectivity index (χ0) is 17.9. The van der Waals surface area contributed by atoms with Gasteiger partial charge in [-0.3, -0.25) is 4.79 Å². The highest BCUT2D eigenvalue weighted by Gasteiger charge is 2.34. The van der Waals surface area contributed by atoms with Crippen molar-refractivity contribution in [2.75, 3.05) is 6.54 Å². The number of hydrogen-bond donors (Lipinski definition) is 1. The molecule has 25 heavy (non-hydrogen) atoms. The Kier molecular flexibility index (Phi) is 4.79. The Morgan fingerprint density at radius 2 is 1.72 bits per heavy atom. The van der Waals surface area contributed by atoms with Gasteiger partial charge in [0.15, 0.2) is 0 Å². The first-order valence-corrected chi connectivity index (χ1v) is 7.95. The van der Waals surface area contributed by atoms with Crippen LogP contribution in [0.5, 0.6) is 0 Å². The van der Waals surface area contributed by atoms with Gasteiger partial charge in [-0.15, -0.1) is 0 Å². The number of benzene rings is 2. The maximum absolute atomic E-state index is 12.9. The third kappa shape index (κ3) is 3.84. The van der Waals surface area contributed by atoms with E-state index in [1.807, 2.05) is 36.5 Å². The minimum atomic E-state index is -4.54. The topological polar surface area (TPSA) is 34.0 Å². The largest absolute Gasteiger partial charge is 0.417 e. The molecule has 130 valence electrons. The van der Waals surface area contributed by atoms with Crippen LogP contribution in [0.3, 0.4) is 0 Å². The van der Waals surface area contributed by atoms with Crippen LogP contribution in [0, 0.1) is 0 Å². The zero-order valence-electron chi connectivity index (χ0n) is 13.4. The molecule has 0 saturated heterocycles. The number of aromatic nitrogens is 1. The van der Waals surface area contributed by atoms with Crippen molar-refractivity contribution in [1.29, 1.82) is 0 Å². The molecule has 3 rings (SSSR count). The van der Waals surface area contributed by atoms with Crippen LogP contribution in [0.25, 0.3) is 10.9 Å². The summed E-state index contributed by atoms with van der Waals surface area (Å²) in [7, 11) is 0. The van der Waals surface area contributed by atoms with Crippen LogP contribution in [-0.4, -0.2) is 17.0 Å². The van der Waals surface area contributed by atoms with E-state index in [1.54, 1.807) is 0 Å². The molecule has 0 spiro atoms. The summed E-state index contributed by atoms with van der Waals surface area (Å²) >= 11 is 0. The highest BCUT2D eigenvalue weighted by Crippen LogP contribution is 2.31. The summed E-state index contributed by atoms with van der Waals surface area (Å²) in [5.41, 5.74) is -0.165. The molecule has 0 radical (unpaired) electrons. The normalized spacial score (nSPS) is 11.6. The fourth-order valence-electron chi connectivity index (χ4n) is 2.81. The van der Waals surface area contributed by atoms with Crippen molar-refractivity contribution >= 4 is 16.8 Å². The molecule has 0 aliphatic carbocycles. The van der Waals surface area contributed by atoms with E-state index in [-0.39, 0.29) is 5.56 Å². The Hall–Kier alpha value is -2.76. The van der Waals surface area contributed by atoms with Gasteiger partial charge in [-0.1, -0.05) is 30.3 Å². The standard InChI is InChI=1S/C19H17F3N2O/c20-19(21,22)16-8-3-2-7-15(16)18(25)23-11-5-12-24-13-10-14-6-1-4-9-17(14)24/h1-4,6-10,13H,5,11-12H2,(H,23,25). The van der Waals surface area contributed by atoms with Gasteiger partial charge in [-0.25, -0.2) is 0 Å². The average molecular weight is 346 g/mol. The number of amides is 1. The van der Waals surface area contributed by atoms with Crippen molar-refractivity contribution in [1.82, 2.24) is 9.88 Å². The summed E-state index contributed by atoms with van der Waals surface area (Å²) in [6.45, 7) is 0.978. The minimum absolute atomic E-state index is 0.303. The van der Waals surface area contributed by atoms with Gasteiger partial charge in [0.2, 0.25) is 0 Å². The van der Waals surface area contributed by atoms with Gasteiger partial charge in [-0.05, 0) is 36.1 Å². The van der Waals surface area contributed by atoms with Crippen LogP contribution in [0.1, 0.15) is 22.3 Å². The maximum atomic E-state index is 12.9. The lowest BCUT2D eigenvalue weighted by atomic mass is 10.1. The number of aryl methyl sites for hydroxylation is 1. The van der Waals surface area contributed by atoms with E-state index in [0.717, 1.165) is 17.0 Å². The molecule has 0 fully saturated rings. The number of halogens is 3. The van der Waals surface area contributed by atoms with E-state index in [9.17, 15) is 18.0 Å². The molecule has 0 unspecified atom stereocenters. The highest BCUT2D eigenvalue weighted by atomic mass is 19.4. The van der Waals surface area contributed by atoms with Crippen LogP contribution in [0.15, 0.2) is 60.8 Å². The van der Waals surface area contributed by atoms with Crippen LogP contribution >= 0.6 is 0 Å². The van der Waals surface area contributed by atoms with E-state index >= 15 is 0 Å². The first-order valence-electron chi connectivity index (χ1n) is 7.95. The Morgan fingerprint density at radius 1 is 1.00 bits per heavy atom. The zero-order valence-corrected chi connectivity index (χ0v) is 13.4. The average Bonchev–Trinajstić information content (AvgIpc) is 3.01. The smallest absolute Gasteiger partial charge is 0.352 e. The summed E-state index contributed by atoms with van der Waals surface area (Å²) in [5.74, 6) is -0.703. The minimum Gasteiger partial charge on any atom is -0.352 e. The van der Waals surface area contributed by atoms with Crippen LogP contribution < -0.4 is 5.32 Å². The van der Waals surface area contributed by atoms with Crippen molar-refractivity contribution in [3.8, 4) is 0 Å². The van der Waals surface area contributed by atoms with Crippen LogP contribution in [-0.2, 0) is 12.7 Å². The van der Waals surface area contributed by atoms with Gasteiger partial charge in [-0.2, -0.15) is 13.2 Å². The van der Waals surface area contributed by atoms with Gasteiger partial charge in [0.25, 0.3) is 5.91 Å². The number of nitrogens with zero attached hydrogens (tertiary/aromatic N) is 1. The van der Waals surface area contributed by atoms with Gasteiger partial charge >= 0.3 is 6.18 Å². The molecule has 3 aromatic rings. The number of para-hydroxylation sites is 1. The predicted octanol–water partition coefficient (Wildman–Crippen LogP) is 4.48. The van der Waals surface area contributed by atoms with Gasteiger partial charge in [0, 0.05) is 24.8 Å². The summed E-state index contributed by atoms with van der Waals surface area (Å²) in [4.78, 5) is 12.1. The Morgan fingerprint density at radius 3 is 2.52 bits per heavy atom. The second-order valence-electron chi connectivity index (χ2n) is 5.72. The number of alkyl halides is 3. The fourth-order valence-corrected chi connectivity index (χ4v) is 2.81. The summed E-state index contributed by atoms with van der Waals surface area (Å²) < 4.78 is 40.9. The first kappa shape index (κ1) is 17.1. The van der Waals surface area contributed by atoms with Crippen molar-refractivity contribution in [3.05, 3.63) is 71.9 Å². The lowest BCUT2D eigenvalue weighted by molar-refractivity contribution is -0.137. The second-order valence-corrected chi connectivity index (χ2v) is 5.72. The van der Waals surface area contributed by atoms with Gasteiger partial charge in [0.1, 0.15) is 0 Å². The SMILES string of the molecule is O=C(NCCCn1ccc2ccccc21)c1ccccc1C(F)(F)F. The molecule has 6 heteroatoms. The Balaban J connectivity index is 1.59. The lowest BCUT2D eigenvalue weighted by Crippen LogP contribution is -2.27. The summed E-state index contributed by atoms with van der Waals surface area (Å²) in [6, 6.07) is 14.8. The number of nitrogens with one attached hydrogen (secondary N) is 1. The van der Waals surface area contributed by atoms with Crippen molar-refractivity contribution in [2.45, 2.75) is 19.1 Å². The molecule has 0 bridgehead atoms. The third-order valence-corrected chi connectivity index (χ3v) is 4.02. The second kappa shape index (κ2) is 7.01. The molecular formula is C19H17F3N2O. The fraction of sp³-hybridized carbons (Fsp3) is 0.211. The third-order valence-electron chi connectivity index (χ3n) is 4.02. The van der Waals surface area contributed by atoms with Crippen LogP contribution in [0.2, 0.25) is 0 Å².